The van der Waals surface area contributed by atoms with Gasteiger partial charge in [-0.25, -0.2) is 4.99 Å². The SMILES string of the molecule is CN(C)C(=O)CN=C(NCCCC1CCCCO1)NCCCN1CCOCC1.I. The van der Waals surface area contributed by atoms with E-state index in [4.69, 9.17) is 9.47 Å². The minimum atomic E-state index is 0. The molecule has 0 aromatic rings. The standard InChI is InChI=1S/C20H39N5O3.HI/c1-24(2)19(26)17-23-20(21-9-5-8-18-7-3-4-14-28-18)22-10-6-11-25-12-15-27-16-13-25;/h18H,3-17H2,1-2H3,(H2,21,22,23);1H. The lowest BCUT2D eigenvalue weighted by Gasteiger charge is -2.26. The van der Waals surface area contributed by atoms with Crippen LogP contribution in [-0.2, 0) is 14.3 Å². The van der Waals surface area contributed by atoms with Crippen molar-refractivity contribution < 1.29 is 14.3 Å². The lowest BCUT2D eigenvalue weighted by Crippen LogP contribution is -2.41. The van der Waals surface area contributed by atoms with Gasteiger partial charge in [0.2, 0.25) is 5.91 Å². The molecule has 2 aliphatic heterocycles. The molecule has 29 heavy (non-hydrogen) atoms. The lowest BCUT2D eigenvalue weighted by atomic mass is 10.0. The minimum absolute atomic E-state index is 0. The molecule has 2 saturated heterocycles. The highest BCUT2D eigenvalue weighted by Gasteiger charge is 2.13. The smallest absolute Gasteiger partial charge is 0.243 e. The first-order valence-electron chi connectivity index (χ1n) is 10.8. The maximum absolute atomic E-state index is 11.8. The van der Waals surface area contributed by atoms with E-state index in [0.29, 0.717) is 6.10 Å². The molecule has 0 saturated carbocycles. The van der Waals surface area contributed by atoms with Gasteiger partial charge in [0.05, 0.1) is 19.3 Å². The highest BCUT2D eigenvalue weighted by atomic mass is 127. The number of ether oxygens (including phenoxy) is 2. The van der Waals surface area contributed by atoms with Crippen LogP contribution in [0.15, 0.2) is 4.99 Å². The molecule has 2 aliphatic rings. The molecule has 1 unspecified atom stereocenters. The summed E-state index contributed by atoms with van der Waals surface area (Å²) in [7, 11) is 3.51. The second-order valence-corrected chi connectivity index (χ2v) is 7.74. The number of nitrogens with one attached hydrogen (secondary N) is 2. The Labute approximate surface area is 193 Å². The van der Waals surface area contributed by atoms with E-state index in [1.54, 1.807) is 19.0 Å². The molecule has 0 spiro atoms. The number of nitrogens with zero attached hydrogens (tertiary/aromatic N) is 3. The van der Waals surface area contributed by atoms with Gasteiger partial charge in [0.1, 0.15) is 6.54 Å². The van der Waals surface area contributed by atoms with Crippen molar-refractivity contribution in [3.8, 4) is 0 Å². The highest BCUT2D eigenvalue weighted by molar-refractivity contribution is 14.0. The van der Waals surface area contributed by atoms with E-state index in [9.17, 15) is 4.79 Å². The first-order valence-corrected chi connectivity index (χ1v) is 10.8. The predicted octanol–water partition coefficient (Wildman–Crippen LogP) is 1.30. The van der Waals surface area contributed by atoms with Gasteiger partial charge in [-0.1, -0.05) is 0 Å². The number of morpholine rings is 1. The van der Waals surface area contributed by atoms with Gasteiger partial charge in [-0.05, 0) is 45.1 Å². The summed E-state index contributed by atoms with van der Waals surface area (Å²) in [6.07, 6.45) is 7.22. The van der Waals surface area contributed by atoms with Gasteiger partial charge < -0.3 is 25.0 Å². The molecule has 2 N–H and O–H groups in total. The lowest BCUT2D eigenvalue weighted by molar-refractivity contribution is -0.127. The maximum atomic E-state index is 11.8. The Balaban J connectivity index is 0.00000420. The first-order chi connectivity index (χ1) is 13.6. The average molecular weight is 525 g/mol. The maximum Gasteiger partial charge on any atom is 0.243 e. The minimum Gasteiger partial charge on any atom is -0.379 e. The predicted molar refractivity (Wildman–Crippen MR) is 127 cm³/mol. The van der Waals surface area contributed by atoms with Crippen molar-refractivity contribution in [3.05, 3.63) is 0 Å². The third-order valence-electron chi connectivity index (χ3n) is 5.19. The van der Waals surface area contributed by atoms with Crippen LogP contribution in [0, 0.1) is 0 Å². The molecule has 2 heterocycles. The molecule has 1 atom stereocenters. The van der Waals surface area contributed by atoms with Crippen LogP contribution in [0.2, 0.25) is 0 Å². The van der Waals surface area contributed by atoms with Crippen molar-refractivity contribution in [2.24, 2.45) is 4.99 Å². The van der Waals surface area contributed by atoms with E-state index in [1.165, 1.54) is 19.3 Å². The van der Waals surface area contributed by atoms with Crippen molar-refractivity contribution in [1.82, 2.24) is 20.4 Å². The molecule has 1 amide bonds. The van der Waals surface area contributed by atoms with E-state index >= 15 is 0 Å². The summed E-state index contributed by atoms with van der Waals surface area (Å²) in [4.78, 5) is 20.3. The average Bonchev–Trinajstić information content (AvgIpc) is 2.73. The summed E-state index contributed by atoms with van der Waals surface area (Å²) >= 11 is 0. The summed E-state index contributed by atoms with van der Waals surface area (Å²) in [5, 5.41) is 6.74. The van der Waals surface area contributed by atoms with E-state index < -0.39 is 0 Å². The molecule has 0 bridgehead atoms. The van der Waals surface area contributed by atoms with Gasteiger partial charge in [0.15, 0.2) is 5.96 Å². The fourth-order valence-corrected chi connectivity index (χ4v) is 3.37. The molecule has 0 aliphatic carbocycles. The quantitative estimate of drug-likeness (QED) is 0.194. The molecule has 2 rings (SSSR count). The Morgan fingerprint density at radius 3 is 2.48 bits per heavy atom. The summed E-state index contributed by atoms with van der Waals surface area (Å²) in [6, 6.07) is 0. The number of aliphatic imine (C=N–C) groups is 1. The number of rotatable bonds is 10. The molecule has 9 heteroatoms. The van der Waals surface area contributed by atoms with E-state index in [2.05, 4.69) is 20.5 Å². The summed E-state index contributed by atoms with van der Waals surface area (Å²) in [5.74, 6) is 0.728. The number of amides is 1. The van der Waals surface area contributed by atoms with Crippen molar-refractivity contribution in [2.75, 3.05) is 73.2 Å². The molecule has 0 radical (unpaired) electrons. The van der Waals surface area contributed by atoms with E-state index in [-0.39, 0.29) is 36.4 Å². The Hall–Kier alpha value is -0.650. The van der Waals surface area contributed by atoms with Crippen LogP contribution < -0.4 is 10.6 Å². The number of likely N-dealkylation sites (N-methyl/N-ethyl adjacent to an activating group) is 1. The summed E-state index contributed by atoms with van der Waals surface area (Å²) < 4.78 is 11.2. The largest absolute Gasteiger partial charge is 0.379 e. The monoisotopic (exact) mass is 525 g/mol. The zero-order valence-corrected chi connectivity index (χ0v) is 20.5. The van der Waals surface area contributed by atoms with Crippen LogP contribution in [0.3, 0.4) is 0 Å². The number of hydrogen-bond donors (Lipinski definition) is 2. The van der Waals surface area contributed by atoms with Gasteiger partial charge >= 0.3 is 0 Å². The zero-order valence-electron chi connectivity index (χ0n) is 18.2. The fourth-order valence-electron chi connectivity index (χ4n) is 3.37. The zero-order chi connectivity index (χ0) is 20.0. The van der Waals surface area contributed by atoms with Crippen molar-refractivity contribution in [2.45, 2.75) is 44.6 Å². The van der Waals surface area contributed by atoms with Crippen LogP contribution in [0.25, 0.3) is 0 Å². The van der Waals surface area contributed by atoms with Gasteiger partial charge in [-0.15, -0.1) is 24.0 Å². The molecule has 8 nitrogen and oxygen atoms in total. The van der Waals surface area contributed by atoms with Crippen molar-refractivity contribution in [1.29, 1.82) is 0 Å². The molecule has 170 valence electrons. The number of hydrogen-bond acceptors (Lipinski definition) is 5. The number of carbonyl (C=O) groups is 1. The van der Waals surface area contributed by atoms with Crippen LogP contribution in [0.5, 0.6) is 0 Å². The third-order valence-corrected chi connectivity index (χ3v) is 5.19. The van der Waals surface area contributed by atoms with Crippen molar-refractivity contribution >= 4 is 35.8 Å². The first kappa shape index (κ1) is 26.4. The molecule has 0 aromatic heterocycles. The summed E-state index contributed by atoms with van der Waals surface area (Å²) in [5.41, 5.74) is 0. The van der Waals surface area contributed by atoms with Crippen LogP contribution in [0.1, 0.15) is 38.5 Å². The number of carbonyl (C=O) groups excluding carboxylic acids is 1. The second-order valence-electron chi connectivity index (χ2n) is 7.74. The van der Waals surface area contributed by atoms with Crippen LogP contribution in [0.4, 0.5) is 0 Å². The number of halogens is 1. The molecule has 2 fully saturated rings. The summed E-state index contributed by atoms with van der Waals surface area (Å²) in [6.45, 7) is 7.49. The number of guanidine groups is 1. The Kier molecular flexibility index (Phi) is 14.6. The van der Waals surface area contributed by atoms with Crippen LogP contribution in [-0.4, -0.2) is 101 Å². The second kappa shape index (κ2) is 16.1. The Bertz CT molecular complexity index is 439. The molecular weight excluding hydrogens is 485 g/mol. The third kappa shape index (κ3) is 12.0. The topological polar surface area (TPSA) is 78.4 Å². The van der Waals surface area contributed by atoms with Crippen molar-refractivity contribution in [3.63, 3.8) is 0 Å². The molecular formula is C20H40IN5O3. The normalized spacial score (nSPS) is 20.6. The van der Waals surface area contributed by atoms with Gasteiger partial charge in [0, 0.05) is 46.9 Å². The fraction of sp³-hybridized carbons (Fsp3) is 0.900. The van der Waals surface area contributed by atoms with Gasteiger partial charge in [-0.2, -0.15) is 0 Å². The van der Waals surface area contributed by atoms with Gasteiger partial charge in [0.25, 0.3) is 0 Å². The molecule has 0 aromatic carbocycles. The van der Waals surface area contributed by atoms with E-state index in [0.717, 1.165) is 77.8 Å². The van der Waals surface area contributed by atoms with Gasteiger partial charge in [-0.3, -0.25) is 9.69 Å². The Morgan fingerprint density at radius 1 is 1.10 bits per heavy atom. The Morgan fingerprint density at radius 2 is 1.83 bits per heavy atom. The van der Waals surface area contributed by atoms with Crippen LogP contribution >= 0.6 is 24.0 Å². The van der Waals surface area contributed by atoms with E-state index in [1.807, 2.05) is 0 Å². The highest BCUT2D eigenvalue weighted by Crippen LogP contribution is 2.16.